The number of hydrogen-bond acceptors (Lipinski definition) is 5. The van der Waals surface area contributed by atoms with Crippen molar-refractivity contribution in [3.63, 3.8) is 0 Å². The highest BCUT2D eigenvalue weighted by Gasteiger charge is 2.14. The highest BCUT2D eigenvalue weighted by molar-refractivity contribution is 7.22. The Morgan fingerprint density at radius 3 is 2.57 bits per heavy atom. The van der Waals surface area contributed by atoms with Crippen LogP contribution in [0.15, 0.2) is 65.7 Å². The number of ether oxygens (including phenoxy) is 1. The molecule has 0 aliphatic rings. The lowest BCUT2D eigenvalue weighted by Crippen LogP contribution is -2.23. The van der Waals surface area contributed by atoms with Crippen LogP contribution >= 0.6 is 11.3 Å². The van der Waals surface area contributed by atoms with Crippen LogP contribution in [-0.4, -0.2) is 21.8 Å². The Morgan fingerprint density at radius 2 is 1.89 bits per heavy atom. The second-order valence-electron chi connectivity index (χ2n) is 6.32. The van der Waals surface area contributed by atoms with Crippen molar-refractivity contribution in [2.45, 2.75) is 12.6 Å². The first kappa shape index (κ1) is 18.3. The smallest absolute Gasteiger partial charge is 0.271 e. The monoisotopic (exact) mass is 396 g/mol. The standard InChI is InChI=1S/C21H17FN2O3S/c1-27-16-8-4-14(5-9-16)19-10-17-20(28-19)21(26)24(12-23-17)11-18(25)13-2-6-15(22)7-3-13/h2-10,12,18,25H,11H2,1H3. The van der Waals surface area contributed by atoms with Crippen LogP contribution in [0, 0.1) is 5.82 Å². The van der Waals surface area contributed by atoms with Crippen LogP contribution < -0.4 is 10.3 Å². The Balaban J connectivity index is 1.64. The van der Waals surface area contributed by atoms with E-state index in [9.17, 15) is 14.3 Å². The molecule has 4 aromatic rings. The lowest BCUT2D eigenvalue weighted by atomic mass is 10.1. The Morgan fingerprint density at radius 1 is 1.18 bits per heavy atom. The molecule has 0 fully saturated rings. The van der Waals surface area contributed by atoms with Gasteiger partial charge in [0, 0.05) is 4.88 Å². The third-order valence-corrected chi connectivity index (χ3v) is 5.66. The third-order valence-electron chi connectivity index (χ3n) is 4.50. The molecule has 28 heavy (non-hydrogen) atoms. The number of nitrogens with zero attached hydrogens (tertiary/aromatic N) is 2. The van der Waals surface area contributed by atoms with E-state index in [0.717, 1.165) is 16.2 Å². The molecule has 0 spiro atoms. The lowest BCUT2D eigenvalue weighted by molar-refractivity contribution is 0.155. The fourth-order valence-corrected chi connectivity index (χ4v) is 4.01. The van der Waals surface area contributed by atoms with Gasteiger partial charge < -0.3 is 9.84 Å². The number of benzene rings is 2. The number of hydrogen-bond donors (Lipinski definition) is 1. The van der Waals surface area contributed by atoms with Crippen LogP contribution in [0.25, 0.3) is 20.7 Å². The molecule has 4 rings (SSSR count). The van der Waals surface area contributed by atoms with Crippen LogP contribution in [0.5, 0.6) is 5.75 Å². The summed E-state index contributed by atoms with van der Waals surface area (Å²) in [4.78, 5) is 18.1. The van der Waals surface area contributed by atoms with E-state index < -0.39 is 6.10 Å². The minimum atomic E-state index is -0.932. The molecule has 2 aromatic heterocycles. The second kappa shape index (κ2) is 7.53. The van der Waals surface area contributed by atoms with Gasteiger partial charge in [0.1, 0.15) is 16.3 Å². The summed E-state index contributed by atoms with van der Waals surface area (Å²) in [7, 11) is 1.61. The van der Waals surface area contributed by atoms with Crippen molar-refractivity contribution in [3.05, 3.63) is 82.7 Å². The minimum Gasteiger partial charge on any atom is -0.497 e. The number of thiophene rings is 1. The quantitative estimate of drug-likeness (QED) is 0.554. The van der Waals surface area contributed by atoms with Crippen LogP contribution in [0.3, 0.4) is 0 Å². The summed E-state index contributed by atoms with van der Waals surface area (Å²) in [5.74, 6) is 0.390. The number of aromatic nitrogens is 2. The first-order chi connectivity index (χ1) is 13.5. The van der Waals surface area contributed by atoms with Crippen LogP contribution in [-0.2, 0) is 6.54 Å². The Hall–Kier alpha value is -3.03. The number of aliphatic hydroxyl groups excluding tert-OH is 1. The number of halogens is 1. The average Bonchev–Trinajstić information content (AvgIpc) is 3.16. The molecule has 1 N–H and O–H groups in total. The number of aliphatic hydroxyl groups is 1. The first-order valence-corrected chi connectivity index (χ1v) is 9.44. The molecular formula is C21H17FN2O3S. The first-order valence-electron chi connectivity index (χ1n) is 8.62. The van der Waals surface area contributed by atoms with E-state index in [1.807, 2.05) is 30.3 Å². The van der Waals surface area contributed by atoms with Crippen molar-refractivity contribution >= 4 is 21.6 Å². The molecule has 2 heterocycles. The van der Waals surface area contributed by atoms with Crippen LogP contribution in [0.1, 0.15) is 11.7 Å². The topological polar surface area (TPSA) is 64.3 Å². The molecular weight excluding hydrogens is 379 g/mol. The van der Waals surface area contributed by atoms with Crippen molar-refractivity contribution in [1.29, 1.82) is 0 Å². The van der Waals surface area contributed by atoms with Crippen LogP contribution in [0.4, 0.5) is 4.39 Å². The summed E-state index contributed by atoms with van der Waals surface area (Å²) in [6.45, 7) is 0.0448. The molecule has 0 saturated heterocycles. The van der Waals surface area contributed by atoms with Gasteiger partial charge >= 0.3 is 0 Å². The van der Waals surface area contributed by atoms with E-state index in [1.165, 1.54) is 46.5 Å². The summed E-state index contributed by atoms with van der Waals surface area (Å²) in [5.41, 5.74) is 1.92. The van der Waals surface area contributed by atoms with E-state index >= 15 is 0 Å². The van der Waals surface area contributed by atoms with Gasteiger partial charge in [-0.1, -0.05) is 12.1 Å². The Bertz CT molecular complexity index is 1170. The lowest BCUT2D eigenvalue weighted by Gasteiger charge is -2.12. The highest BCUT2D eigenvalue weighted by atomic mass is 32.1. The minimum absolute atomic E-state index is 0.0448. The van der Waals surface area contributed by atoms with Gasteiger partial charge in [-0.15, -0.1) is 11.3 Å². The molecule has 1 atom stereocenters. The average molecular weight is 396 g/mol. The highest BCUT2D eigenvalue weighted by Crippen LogP contribution is 2.31. The molecule has 1 unspecified atom stereocenters. The maximum atomic E-state index is 13.0. The fraction of sp³-hybridized carbons (Fsp3) is 0.143. The van der Waals surface area contributed by atoms with Gasteiger partial charge in [0.15, 0.2) is 0 Å². The fourth-order valence-electron chi connectivity index (χ4n) is 2.95. The van der Waals surface area contributed by atoms with Gasteiger partial charge in [-0.3, -0.25) is 9.36 Å². The normalized spacial score (nSPS) is 12.2. The van der Waals surface area contributed by atoms with Gasteiger partial charge in [-0.05, 0) is 53.6 Å². The molecule has 0 amide bonds. The predicted octanol–water partition coefficient (Wildman–Crippen LogP) is 4.01. The summed E-state index contributed by atoms with van der Waals surface area (Å²) in [6, 6.07) is 15.0. The summed E-state index contributed by atoms with van der Waals surface area (Å²) < 4.78 is 20.1. The van der Waals surface area contributed by atoms with E-state index in [2.05, 4.69) is 4.98 Å². The zero-order valence-corrected chi connectivity index (χ0v) is 15.8. The number of rotatable bonds is 5. The molecule has 0 radical (unpaired) electrons. The Kier molecular flexibility index (Phi) is 4.93. The maximum absolute atomic E-state index is 13.0. The summed E-state index contributed by atoms with van der Waals surface area (Å²) in [5, 5.41) is 10.4. The predicted molar refractivity (Wildman–Crippen MR) is 107 cm³/mol. The van der Waals surface area contributed by atoms with Gasteiger partial charge in [-0.2, -0.15) is 0 Å². The molecule has 0 aliphatic heterocycles. The zero-order chi connectivity index (χ0) is 19.7. The van der Waals surface area contributed by atoms with Gasteiger partial charge in [0.25, 0.3) is 5.56 Å². The summed E-state index contributed by atoms with van der Waals surface area (Å²) >= 11 is 1.36. The molecule has 142 valence electrons. The zero-order valence-electron chi connectivity index (χ0n) is 15.0. The van der Waals surface area contributed by atoms with Crippen molar-refractivity contribution in [3.8, 4) is 16.2 Å². The van der Waals surface area contributed by atoms with E-state index in [1.54, 1.807) is 7.11 Å². The van der Waals surface area contributed by atoms with E-state index in [-0.39, 0.29) is 17.9 Å². The molecule has 7 heteroatoms. The molecule has 0 aliphatic carbocycles. The molecule has 2 aromatic carbocycles. The third kappa shape index (κ3) is 3.54. The Labute approximate surface area is 164 Å². The molecule has 0 saturated carbocycles. The second-order valence-corrected chi connectivity index (χ2v) is 7.38. The van der Waals surface area contributed by atoms with Crippen molar-refractivity contribution < 1.29 is 14.2 Å². The molecule has 5 nitrogen and oxygen atoms in total. The van der Waals surface area contributed by atoms with Crippen molar-refractivity contribution in [2.75, 3.05) is 7.11 Å². The largest absolute Gasteiger partial charge is 0.497 e. The SMILES string of the molecule is COc1ccc(-c2cc3ncn(CC(O)c4ccc(F)cc4)c(=O)c3s2)cc1. The molecule has 0 bridgehead atoms. The van der Waals surface area contributed by atoms with Crippen LogP contribution in [0.2, 0.25) is 0 Å². The van der Waals surface area contributed by atoms with Crippen molar-refractivity contribution in [2.24, 2.45) is 0 Å². The van der Waals surface area contributed by atoms with Crippen molar-refractivity contribution in [1.82, 2.24) is 9.55 Å². The van der Waals surface area contributed by atoms with Gasteiger partial charge in [-0.25, -0.2) is 9.37 Å². The summed E-state index contributed by atoms with van der Waals surface area (Å²) in [6.07, 6.45) is 0.501. The number of methoxy groups -OCH3 is 1. The van der Waals surface area contributed by atoms with Gasteiger partial charge in [0.2, 0.25) is 0 Å². The van der Waals surface area contributed by atoms with E-state index in [0.29, 0.717) is 15.8 Å². The van der Waals surface area contributed by atoms with E-state index in [4.69, 9.17) is 4.74 Å². The number of fused-ring (bicyclic) bond motifs is 1. The van der Waals surface area contributed by atoms with Gasteiger partial charge in [0.05, 0.1) is 31.6 Å². The maximum Gasteiger partial charge on any atom is 0.271 e.